The molecule has 0 aromatic carbocycles. The van der Waals surface area contributed by atoms with Gasteiger partial charge in [0.05, 0.1) is 11.1 Å². The molecule has 2 N–H and O–H groups in total. The first-order valence-corrected chi connectivity index (χ1v) is 10.1. The molecule has 0 spiro atoms. The summed E-state index contributed by atoms with van der Waals surface area (Å²) in [6.45, 7) is 1.23. The zero-order valence-electron chi connectivity index (χ0n) is 15.6. The van der Waals surface area contributed by atoms with Gasteiger partial charge in [0.25, 0.3) is 11.8 Å². The van der Waals surface area contributed by atoms with E-state index in [1.807, 2.05) is 0 Å². The first-order valence-electron chi connectivity index (χ1n) is 9.37. The monoisotopic (exact) mass is 422 g/mol. The smallest absolute Gasteiger partial charge is 0.254 e. The molecule has 2 amide bonds. The fourth-order valence-corrected chi connectivity index (χ4v) is 3.07. The number of rotatable bonds is 11. The Morgan fingerprint density at radius 2 is 1.11 bits per heavy atom. The van der Waals surface area contributed by atoms with E-state index in [0.717, 1.165) is 38.5 Å². The van der Waals surface area contributed by atoms with Crippen LogP contribution < -0.4 is 10.6 Å². The van der Waals surface area contributed by atoms with Crippen LogP contribution in [0.4, 0.5) is 0 Å². The predicted octanol–water partition coefficient (Wildman–Crippen LogP) is 4.28. The standard InChI is InChI=1S/C20H24Cl2N4O2/c21-17-15(9-7-13-23-17)19(27)25-11-5-3-1-2-4-6-12-26-20(28)16-10-8-14-24-18(16)22/h7-10,13-14H,1-6,11-12H2,(H,25,27)(H,26,28). The van der Waals surface area contributed by atoms with E-state index in [1.165, 1.54) is 0 Å². The molecule has 0 aliphatic carbocycles. The molecule has 0 unspecified atom stereocenters. The van der Waals surface area contributed by atoms with E-state index in [4.69, 9.17) is 23.2 Å². The third-order valence-corrected chi connectivity index (χ3v) is 4.78. The van der Waals surface area contributed by atoms with Gasteiger partial charge in [-0.25, -0.2) is 9.97 Å². The van der Waals surface area contributed by atoms with Crippen LogP contribution >= 0.6 is 23.2 Å². The van der Waals surface area contributed by atoms with Crippen molar-refractivity contribution in [1.29, 1.82) is 0 Å². The quantitative estimate of drug-likeness (QED) is 0.417. The van der Waals surface area contributed by atoms with E-state index in [1.54, 1.807) is 36.7 Å². The summed E-state index contributed by atoms with van der Waals surface area (Å²) in [5.41, 5.74) is 0.803. The van der Waals surface area contributed by atoms with Crippen molar-refractivity contribution < 1.29 is 9.59 Å². The number of amides is 2. The summed E-state index contributed by atoms with van der Waals surface area (Å²) < 4.78 is 0. The van der Waals surface area contributed by atoms with E-state index in [0.29, 0.717) is 24.2 Å². The van der Waals surface area contributed by atoms with Crippen molar-refractivity contribution in [3.8, 4) is 0 Å². The Morgan fingerprint density at radius 1 is 0.714 bits per heavy atom. The van der Waals surface area contributed by atoms with Crippen molar-refractivity contribution in [3.05, 3.63) is 58.1 Å². The Labute approximate surface area is 175 Å². The summed E-state index contributed by atoms with van der Waals surface area (Å²) in [5.74, 6) is -0.384. The van der Waals surface area contributed by atoms with Crippen LogP contribution in [0.15, 0.2) is 36.7 Å². The maximum Gasteiger partial charge on any atom is 0.254 e. The first kappa shape index (κ1) is 22.1. The van der Waals surface area contributed by atoms with E-state index in [-0.39, 0.29) is 22.1 Å². The number of hydrogen-bond donors (Lipinski definition) is 2. The van der Waals surface area contributed by atoms with Gasteiger partial charge in [-0.3, -0.25) is 9.59 Å². The highest BCUT2D eigenvalue weighted by Gasteiger charge is 2.10. The van der Waals surface area contributed by atoms with Crippen LogP contribution in [0.1, 0.15) is 59.2 Å². The zero-order valence-corrected chi connectivity index (χ0v) is 17.1. The lowest BCUT2D eigenvalue weighted by Crippen LogP contribution is -2.25. The molecule has 0 atom stereocenters. The normalized spacial score (nSPS) is 10.5. The molecule has 0 aliphatic rings. The van der Waals surface area contributed by atoms with E-state index in [2.05, 4.69) is 20.6 Å². The van der Waals surface area contributed by atoms with Crippen LogP contribution in [-0.4, -0.2) is 34.9 Å². The first-order chi connectivity index (χ1) is 13.6. The minimum Gasteiger partial charge on any atom is -0.352 e. The molecule has 2 rings (SSSR count). The zero-order chi connectivity index (χ0) is 20.2. The summed E-state index contributed by atoms with van der Waals surface area (Å²) >= 11 is 11.8. The molecule has 0 fully saturated rings. The number of halogens is 2. The van der Waals surface area contributed by atoms with Crippen LogP contribution in [-0.2, 0) is 0 Å². The van der Waals surface area contributed by atoms with Crippen molar-refractivity contribution in [2.24, 2.45) is 0 Å². The van der Waals surface area contributed by atoms with Crippen molar-refractivity contribution >= 4 is 35.0 Å². The Morgan fingerprint density at radius 3 is 1.50 bits per heavy atom. The molecule has 2 aromatic heterocycles. The molecule has 6 nitrogen and oxygen atoms in total. The van der Waals surface area contributed by atoms with Gasteiger partial charge in [-0.2, -0.15) is 0 Å². The molecule has 0 saturated heterocycles. The molecular weight excluding hydrogens is 399 g/mol. The summed E-state index contributed by atoms with van der Waals surface area (Å²) in [6, 6.07) is 6.69. The number of carbonyl (C=O) groups excluding carboxylic acids is 2. The van der Waals surface area contributed by atoms with Gasteiger partial charge in [0.2, 0.25) is 0 Å². The van der Waals surface area contributed by atoms with Crippen molar-refractivity contribution in [3.63, 3.8) is 0 Å². The number of nitrogens with zero attached hydrogens (tertiary/aromatic N) is 2. The van der Waals surface area contributed by atoms with Gasteiger partial charge in [0, 0.05) is 25.5 Å². The lowest BCUT2D eigenvalue weighted by Gasteiger charge is -2.07. The van der Waals surface area contributed by atoms with Crippen LogP contribution in [0.25, 0.3) is 0 Å². The summed E-state index contributed by atoms with van der Waals surface area (Å²) in [7, 11) is 0. The molecule has 2 aromatic rings. The molecule has 0 saturated carbocycles. The van der Waals surface area contributed by atoms with Gasteiger partial charge in [0.15, 0.2) is 0 Å². The average molecular weight is 423 g/mol. The molecule has 2 heterocycles. The second-order valence-corrected chi connectivity index (χ2v) is 7.03. The third kappa shape index (κ3) is 7.44. The van der Waals surface area contributed by atoms with Gasteiger partial charge in [-0.05, 0) is 37.1 Å². The van der Waals surface area contributed by atoms with E-state index >= 15 is 0 Å². The Balaban J connectivity index is 1.47. The van der Waals surface area contributed by atoms with Crippen molar-refractivity contribution in [1.82, 2.24) is 20.6 Å². The molecule has 0 aliphatic heterocycles. The fourth-order valence-electron chi connectivity index (χ4n) is 2.66. The molecule has 150 valence electrons. The van der Waals surface area contributed by atoms with Crippen LogP contribution in [0.5, 0.6) is 0 Å². The average Bonchev–Trinajstić information content (AvgIpc) is 2.69. The van der Waals surface area contributed by atoms with Crippen molar-refractivity contribution in [2.45, 2.75) is 38.5 Å². The van der Waals surface area contributed by atoms with E-state index in [9.17, 15) is 9.59 Å². The van der Waals surface area contributed by atoms with Gasteiger partial charge in [-0.1, -0.05) is 48.9 Å². The number of hydrogen-bond acceptors (Lipinski definition) is 4. The van der Waals surface area contributed by atoms with Gasteiger partial charge >= 0.3 is 0 Å². The summed E-state index contributed by atoms with van der Waals surface area (Å²) in [6.07, 6.45) is 9.20. The second-order valence-electron chi connectivity index (χ2n) is 6.32. The summed E-state index contributed by atoms with van der Waals surface area (Å²) in [5, 5.41) is 6.15. The Kier molecular flexibility index (Phi) is 9.72. The molecule has 0 radical (unpaired) electrons. The maximum absolute atomic E-state index is 12.0. The summed E-state index contributed by atoms with van der Waals surface area (Å²) in [4.78, 5) is 31.7. The largest absolute Gasteiger partial charge is 0.352 e. The highest BCUT2D eigenvalue weighted by atomic mass is 35.5. The van der Waals surface area contributed by atoms with Gasteiger partial charge in [-0.15, -0.1) is 0 Å². The SMILES string of the molecule is O=C(NCCCCCCCCNC(=O)c1cccnc1Cl)c1cccnc1Cl. The minimum absolute atomic E-state index is 0.192. The molecule has 28 heavy (non-hydrogen) atoms. The highest BCUT2D eigenvalue weighted by molar-refractivity contribution is 6.33. The number of nitrogens with one attached hydrogen (secondary N) is 2. The highest BCUT2D eigenvalue weighted by Crippen LogP contribution is 2.12. The minimum atomic E-state index is -0.192. The van der Waals surface area contributed by atoms with Gasteiger partial charge < -0.3 is 10.6 Å². The number of pyridine rings is 2. The van der Waals surface area contributed by atoms with Crippen LogP contribution in [0, 0.1) is 0 Å². The van der Waals surface area contributed by atoms with E-state index < -0.39 is 0 Å². The Bertz CT molecular complexity index is 721. The predicted molar refractivity (Wildman–Crippen MR) is 111 cm³/mol. The maximum atomic E-state index is 12.0. The van der Waals surface area contributed by atoms with Crippen LogP contribution in [0.3, 0.4) is 0 Å². The number of aromatic nitrogens is 2. The molecule has 0 bridgehead atoms. The number of unbranched alkanes of at least 4 members (excludes halogenated alkanes) is 5. The number of carbonyl (C=O) groups is 2. The van der Waals surface area contributed by atoms with Crippen LogP contribution in [0.2, 0.25) is 10.3 Å². The molecule has 8 heteroatoms. The topological polar surface area (TPSA) is 84.0 Å². The van der Waals surface area contributed by atoms with Crippen molar-refractivity contribution in [2.75, 3.05) is 13.1 Å². The Hall–Kier alpha value is -2.18. The lowest BCUT2D eigenvalue weighted by atomic mass is 10.1. The lowest BCUT2D eigenvalue weighted by molar-refractivity contribution is 0.0944. The third-order valence-electron chi connectivity index (χ3n) is 4.18. The fraction of sp³-hybridized carbons (Fsp3) is 0.400. The molecular formula is C20H24Cl2N4O2. The second kappa shape index (κ2) is 12.3. The van der Waals surface area contributed by atoms with Gasteiger partial charge in [0.1, 0.15) is 10.3 Å².